The van der Waals surface area contributed by atoms with Crippen LogP contribution in [0.15, 0.2) is 28.0 Å². The summed E-state index contributed by atoms with van der Waals surface area (Å²) in [6.45, 7) is 1.38. The molecule has 0 radical (unpaired) electrons. The molecule has 8 nitrogen and oxygen atoms in total. The SMILES string of the molecule is N#Cc1c(NC(=O)CSc2nnc(-c3ccco3)n2CC2CCCO2)sc2c1CCCCC2. The molecular formula is C23H25N5O3S2. The number of nitrogens with zero attached hydrogens (tertiary/aromatic N) is 4. The lowest BCUT2D eigenvalue weighted by molar-refractivity contribution is -0.113. The number of hydrogen-bond acceptors (Lipinski definition) is 8. The number of fused-ring (bicyclic) bond motifs is 1. The average Bonchev–Trinajstić information content (AvgIpc) is 3.60. The zero-order chi connectivity index (χ0) is 22.6. The minimum atomic E-state index is -0.154. The third-order valence-corrected chi connectivity index (χ3v) is 8.16. The maximum Gasteiger partial charge on any atom is 0.235 e. The minimum absolute atomic E-state index is 0.0996. The van der Waals surface area contributed by atoms with Crippen LogP contribution in [0.2, 0.25) is 0 Å². The molecule has 0 spiro atoms. The van der Waals surface area contributed by atoms with Crippen LogP contribution in [0.5, 0.6) is 0 Å². The van der Waals surface area contributed by atoms with Crippen molar-refractivity contribution in [3.05, 3.63) is 34.4 Å². The fourth-order valence-corrected chi connectivity index (χ4v) is 6.39. The average molecular weight is 484 g/mol. The van der Waals surface area contributed by atoms with Crippen molar-refractivity contribution in [2.45, 2.75) is 62.8 Å². The van der Waals surface area contributed by atoms with E-state index in [-0.39, 0.29) is 17.8 Å². The predicted molar refractivity (Wildman–Crippen MR) is 126 cm³/mol. The highest BCUT2D eigenvalue weighted by Crippen LogP contribution is 2.37. The standard InChI is InChI=1S/C23H25N5O3S2/c24-12-17-16-7-2-1-3-9-19(16)33-22(17)25-20(29)14-32-23-27-26-21(18-8-5-11-31-18)28(23)13-15-6-4-10-30-15/h5,8,11,15H,1-4,6-7,9-10,13-14H2,(H,25,29). The van der Waals surface area contributed by atoms with E-state index in [2.05, 4.69) is 21.6 Å². The van der Waals surface area contributed by atoms with Crippen LogP contribution in [0.25, 0.3) is 11.6 Å². The van der Waals surface area contributed by atoms with Gasteiger partial charge in [-0.05, 0) is 56.2 Å². The van der Waals surface area contributed by atoms with Crippen molar-refractivity contribution >= 4 is 34.0 Å². The number of carbonyl (C=O) groups is 1. The molecular weight excluding hydrogens is 458 g/mol. The van der Waals surface area contributed by atoms with Gasteiger partial charge in [-0.15, -0.1) is 21.5 Å². The summed E-state index contributed by atoms with van der Waals surface area (Å²) in [6.07, 6.45) is 9.07. The van der Waals surface area contributed by atoms with Gasteiger partial charge < -0.3 is 14.5 Å². The van der Waals surface area contributed by atoms with Crippen LogP contribution in [0.1, 0.15) is 48.1 Å². The normalized spacial score (nSPS) is 18.0. The molecule has 33 heavy (non-hydrogen) atoms. The number of anilines is 1. The first-order valence-electron chi connectivity index (χ1n) is 11.3. The molecule has 5 rings (SSSR count). The van der Waals surface area contributed by atoms with Gasteiger partial charge in [-0.2, -0.15) is 5.26 Å². The quantitative estimate of drug-likeness (QED) is 0.385. The smallest absolute Gasteiger partial charge is 0.235 e. The molecule has 1 aliphatic heterocycles. The van der Waals surface area contributed by atoms with E-state index in [0.717, 1.165) is 50.7 Å². The monoisotopic (exact) mass is 483 g/mol. The summed E-state index contributed by atoms with van der Waals surface area (Å²) in [6, 6.07) is 5.98. The van der Waals surface area contributed by atoms with Gasteiger partial charge in [-0.1, -0.05) is 18.2 Å². The molecule has 3 aromatic heterocycles. The van der Waals surface area contributed by atoms with Crippen molar-refractivity contribution < 1.29 is 13.9 Å². The van der Waals surface area contributed by atoms with E-state index in [1.165, 1.54) is 23.1 Å². The van der Waals surface area contributed by atoms with Crippen molar-refractivity contribution in [1.29, 1.82) is 5.26 Å². The number of ether oxygens (including phenoxy) is 1. The lowest BCUT2D eigenvalue weighted by Gasteiger charge is -2.13. The second-order valence-electron chi connectivity index (χ2n) is 8.25. The summed E-state index contributed by atoms with van der Waals surface area (Å²) in [4.78, 5) is 14.0. The lowest BCUT2D eigenvalue weighted by Crippen LogP contribution is -2.18. The van der Waals surface area contributed by atoms with Gasteiger partial charge in [-0.25, -0.2) is 0 Å². The van der Waals surface area contributed by atoms with Crippen LogP contribution in [0.4, 0.5) is 5.00 Å². The Morgan fingerprint density at radius 1 is 1.30 bits per heavy atom. The Balaban J connectivity index is 1.29. The first-order chi connectivity index (χ1) is 16.2. The Hall–Kier alpha value is -2.61. The Labute approximate surface area is 200 Å². The van der Waals surface area contributed by atoms with E-state index in [1.807, 2.05) is 16.7 Å². The maximum absolute atomic E-state index is 12.8. The third-order valence-electron chi connectivity index (χ3n) is 5.99. The molecule has 1 N–H and O–H groups in total. The molecule has 0 saturated carbocycles. The van der Waals surface area contributed by atoms with Crippen molar-refractivity contribution in [1.82, 2.24) is 14.8 Å². The Morgan fingerprint density at radius 2 is 2.21 bits per heavy atom. The second kappa shape index (κ2) is 10.1. The van der Waals surface area contributed by atoms with Crippen molar-refractivity contribution in [3.8, 4) is 17.7 Å². The first kappa shape index (κ1) is 22.2. The van der Waals surface area contributed by atoms with E-state index >= 15 is 0 Å². The van der Waals surface area contributed by atoms with Gasteiger partial charge in [0.15, 0.2) is 10.9 Å². The lowest BCUT2D eigenvalue weighted by atomic mass is 10.1. The summed E-state index contributed by atoms with van der Waals surface area (Å²) in [5.74, 6) is 1.29. The van der Waals surface area contributed by atoms with E-state index in [4.69, 9.17) is 9.15 Å². The topological polar surface area (TPSA) is 106 Å². The van der Waals surface area contributed by atoms with Gasteiger partial charge in [-0.3, -0.25) is 9.36 Å². The molecule has 0 bridgehead atoms. The predicted octanol–water partition coefficient (Wildman–Crippen LogP) is 4.65. The summed E-state index contributed by atoms with van der Waals surface area (Å²) in [7, 11) is 0. The number of amides is 1. The Bertz CT molecular complexity index is 1160. The molecule has 1 atom stereocenters. The number of thiophene rings is 1. The Kier molecular flexibility index (Phi) is 6.80. The zero-order valence-electron chi connectivity index (χ0n) is 18.2. The van der Waals surface area contributed by atoms with Crippen LogP contribution in [-0.2, 0) is 28.9 Å². The summed E-state index contributed by atoms with van der Waals surface area (Å²) < 4.78 is 13.3. The molecule has 172 valence electrons. The largest absolute Gasteiger partial charge is 0.461 e. The molecule has 2 aliphatic rings. The molecule has 1 saturated heterocycles. The highest BCUT2D eigenvalue weighted by atomic mass is 32.2. The van der Waals surface area contributed by atoms with E-state index in [0.29, 0.717) is 33.9 Å². The Morgan fingerprint density at radius 3 is 3.00 bits per heavy atom. The van der Waals surface area contributed by atoms with Crippen LogP contribution in [-0.4, -0.2) is 39.1 Å². The highest BCUT2D eigenvalue weighted by molar-refractivity contribution is 7.99. The van der Waals surface area contributed by atoms with Gasteiger partial charge in [0.25, 0.3) is 0 Å². The summed E-state index contributed by atoms with van der Waals surface area (Å²) in [5.41, 5.74) is 1.76. The van der Waals surface area contributed by atoms with Gasteiger partial charge in [0, 0.05) is 11.5 Å². The van der Waals surface area contributed by atoms with Gasteiger partial charge in [0.05, 0.1) is 30.2 Å². The maximum atomic E-state index is 12.8. The van der Waals surface area contributed by atoms with Crippen LogP contribution in [0.3, 0.4) is 0 Å². The zero-order valence-corrected chi connectivity index (χ0v) is 19.8. The van der Waals surface area contributed by atoms with E-state index in [1.54, 1.807) is 17.6 Å². The molecule has 1 amide bonds. The molecule has 0 aromatic carbocycles. The summed E-state index contributed by atoms with van der Waals surface area (Å²) in [5, 5.41) is 22.6. The molecule has 10 heteroatoms. The first-order valence-corrected chi connectivity index (χ1v) is 13.1. The fraction of sp³-hybridized carbons (Fsp3) is 0.478. The number of nitrogens with one attached hydrogen (secondary N) is 1. The van der Waals surface area contributed by atoms with Crippen LogP contribution in [0, 0.1) is 11.3 Å². The molecule has 3 aromatic rings. The number of thioether (sulfide) groups is 1. The minimum Gasteiger partial charge on any atom is -0.461 e. The van der Waals surface area contributed by atoms with Crippen LogP contribution < -0.4 is 5.32 Å². The number of carbonyl (C=O) groups excluding carboxylic acids is 1. The number of hydrogen-bond donors (Lipinski definition) is 1. The van der Waals surface area contributed by atoms with Gasteiger partial charge >= 0.3 is 0 Å². The van der Waals surface area contributed by atoms with Gasteiger partial charge in [0.2, 0.25) is 11.7 Å². The van der Waals surface area contributed by atoms with Crippen molar-refractivity contribution in [3.63, 3.8) is 0 Å². The molecule has 1 fully saturated rings. The molecule has 4 heterocycles. The second-order valence-corrected chi connectivity index (χ2v) is 10.3. The van der Waals surface area contributed by atoms with E-state index < -0.39 is 0 Å². The van der Waals surface area contributed by atoms with E-state index in [9.17, 15) is 10.1 Å². The van der Waals surface area contributed by atoms with Gasteiger partial charge in [0.1, 0.15) is 11.1 Å². The number of furan rings is 1. The number of aryl methyl sites for hydroxylation is 1. The fourth-order valence-electron chi connectivity index (χ4n) is 4.38. The van der Waals surface area contributed by atoms with Crippen molar-refractivity contribution in [2.24, 2.45) is 0 Å². The highest BCUT2D eigenvalue weighted by Gasteiger charge is 2.24. The number of aromatic nitrogens is 3. The third kappa shape index (κ3) is 4.86. The molecule has 1 aliphatic carbocycles. The summed E-state index contributed by atoms with van der Waals surface area (Å²) >= 11 is 2.88. The number of rotatable bonds is 7. The van der Waals surface area contributed by atoms with Crippen LogP contribution >= 0.6 is 23.1 Å². The van der Waals surface area contributed by atoms with Crippen molar-refractivity contribution in [2.75, 3.05) is 17.7 Å². The number of nitriles is 1. The molecule has 1 unspecified atom stereocenters.